The molecule has 3 heterocycles. The number of nitrogens with zero attached hydrogens (tertiary/aromatic N) is 3. The zero-order valence-electron chi connectivity index (χ0n) is 10.4. The minimum absolute atomic E-state index is 0.845. The summed E-state index contributed by atoms with van der Waals surface area (Å²) in [5, 5.41) is 3.42. The van der Waals surface area contributed by atoms with Gasteiger partial charge < -0.3 is 10.2 Å². The zero-order valence-corrected chi connectivity index (χ0v) is 10.4. The summed E-state index contributed by atoms with van der Waals surface area (Å²) in [4.78, 5) is 11.4. The van der Waals surface area contributed by atoms with Crippen molar-refractivity contribution in [2.24, 2.45) is 5.92 Å². The molecule has 1 aromatic rings. The van der Waals surface area contributed by atoms with Crippen molar-refractivity contribution in [3.8, 4) is 0 Å². The predicted molar refractivity (Wildman–Crippen MR) is 68.1 cm³/mol. The first kappa shape index (κ1) is 11.0. The van der Waals surface area contributed by atoms with E-state index in [0.717, 1.165) is 32.0 Å². The highest BCUT2D eigenvalue weighted by Gasteiger charge is 2.25. The Kier molecular flexibility index (Phi) is 2.97. The van der Waals surface area contributed by atoms with E-state index in [4.69, 9.17) is 0 Å². The second-order valence-electron chi connectivity index (χ2n) is 5.06. The average molecular weight is 232 g/mol. The number of anilines is 1. The Morgan fingerprint density at radius 3 is 3.24 bits per heavy atom. The molecule has 1 fully saturated rings. The fraction of sp³-hybridized carbons (Fsp3) is 0.692. The summed E-state index contributed by atoms with van der Waals surface area (Å²) in [5.41, 5.74) is 2.57. The van der Waals surface area contributed by atoms with Crippen molar-refractivity contribution in [2.45, 2.75) is 32.7 Å². The van der Waals surface area contributed by atoms with Crippen LogP contribution in [0.1, 0.15) is 31.0 Å². The van der Waals surface area contributed by atoms with Gasteiger partial charge in [0.25, 0.3) is 0 Å². The van der Waals surface area contributed by atoms with Crippen molar-refractivity contribution in [1.29, 1.82) is 0 Å². The Morgan fingerprint density at radius 1 is 1.47 bits per heavy atom. The van der Waals surface area contributed by atoms with E-state index in [1.807, 2.05) is 0 Å². The monoisotopic (exact) mass is 232 g/mol. The quantitative estimate of drug-likeness (QED) is 0.836. The lowest BCUT2D eigenvalue weighted by Crippen LogP contribution is -2.29. The van der Waals surface area contributed by atoms with Gasteiger partial charge in [0.15, 0.2) is 0 Å². The van der Waals surface area contributed by atoms with Crippen LogP contribution in [0.15, 0.2) is 6.33 Å². The van der Waals surface area contributed by atoms with Gasteiger partial charge in [-0.25, -0.2) is 9.97 Å². The lowest BCUT2D eigenvalue weighted by atomic mass is 10.1. The van der Waals surface area contributed by atoms with Crippen molar-refractivity contribution < 1.29 is 0 Å². The first-order valence-electron chi connectivity index (χ1n) is 6.67. The van der Waals surface area contributed by atoms with Crippen LogP contribution in [0.25, 0.3) is 0 Å². The van der Waals surface area contributed by atoms with Crippen LogP contribution in [-0.2, 0) is 13.0 Å². The highest BCUT2D eigenvalue weighted by atomic mass is 15.2. The summed E-state index contributed by atoms with van der Waals surface area (Å²) in [6.45, 7) is 6.58. The van der Waals surface area contributed by atoms with Crippen LogP contribution in [0.3, 0.4) is 0 Å². The lowest BCUT2D eigenvalue weighted by molar-refractivity contribution is 0.567. The van der Waals surface area contributed by atoms with Gasteiger partial charge >= 0.3 is 0 Å². The fourth-order valence-corrected chi connectivity index (χ4v) is 2.89. The van der Waals surface area contributed by atoms with Crippen LogP contribution < -0.4 is 10.2 Å². The first-order chi connectivity index (χ1) is 8.38. The summed E-state index contributed by atoms with van der Waals surface area (Å²) in [7, 11) is 0. The number of hydrogen-bond acceptors (Lipinski definition) is 4. The second kappa shape index (κ2) is 4.61. The third-order valence-electron chi connectivity index (χ3n) is 4.01. The van der Waals surface area contributed by atoms with Crippen LogP contribution in [0.2, 0.25) is 0 Å². The lowest BCUT2D eigenvalue weighted by Gasteiger charge is -2.24. The van der Waals surface area contributed by atoms with Gasteiger partial charge in [0.2, 0.25) is 0 Å². The predicted octanol–water partition coefficient (Wildman–Crippen LogP) is 1.36. The molecule has 0 bridgehead atoms. The Bertz CT molecular complexity index is 404. The molecule has 1 N–H and O–H groups in total. The summed E-state index contributed by atoms with van der Waals surface area (Å²) in [5.74, 6) is 2.02. The summed E-state index contributed by atoms with van der Waals surface area (Å²) in [6, 6.07) is 0. The number of aromatic nitrogens is 2. The minimum Gasteiger partial charge on any atom is -0.356 e. The fourth-order valence-electron chi connectivity index (χ4n) is 2.89. The topological polar surface area (TPSA) is 41.1 Å². The molecule has 0 radical (unpaired) electrons. The van der Waals surface area contributed by atoms with E-state index in [1.165, 1.54) is 36.5 Å². The SMILES string of the molecule is CCC1CCN(c2ncnc3c2CNCC3)C1. The molecule has 0 spiro atoms. The molecule has 4 nitrogen and oxygen atoms in total. The number of rotatable bonds is 2. The molecule has 1 unspecified atom stereocenters. The van der Waals surface area contributed by atoms with Gasteiger partial charge in [-0.2, -0.15) is 0 Å². The summed E-state index contributed by atoms with van der Waals surface area (Å²) >= 11 is 0. The molecule has 92 valence electrons. The number of nitrogens with one attached hydrogen (secondary N) is 1. The molecule has 1 atom stereocenters. The molecule has 17 heavy (non-hydrogen) atoms. The van der Waals surface area contributed by atoms with Crippen LogP contribution in [-0.4, -0.2) is 29.6 Å². The number of hydrogen-bond donors (Lipinski definition) is 1. The smallest absolute Gasteiger partial charge is 0.136 e. The van der Waals surface area contributed by atoms with Gasteiger partial charge in [0, 0.05) is 38.2 Å². The zero-order chi connectivity index (χ0) is 11.7. The van der Waals surface area contributed by atoms with Crippen molar-refractivity contribution >= 4 is 5.82 Å². The van der Waals surface area contributed by atoms with E-state index in [9.17, 15) is 0 Å². The van der Waals surface area contributed by atoms with Gasteiger partial charge in [0.05, 0.1) is 5.69 Å². The Labute approximate surface area is 102 Å². The summed E-state index contributed by atoms with van der Waals surface area (Å²) in [6.07, 6.45) is 5.36. The highest BCUT2D eigenvalue weighted by molar-refractivity contribution is 5.50. The molecule has 0 amide bonds. The van der Waals surface area contributed by atoms with Gasteiger partial charge in [-0.3, -0.25) is 0 Å². The maximum Gasteiger partial charge on any atom is 0.136 e. The van der Waals surface area contributed by atoms with Gasteiger partial charge in [0.1, 0.15) is 12.1 Å². The van der Waals surface area contributed by atoms with Crippen LogP contribution in [0.5, 0.6) is 0 Å². The molecule has 0 saturated carbocycles. The van der Waals surface area contributed by atoms with Gasteiger partial charge in [-0.1, -0.05) is 13.3 Å². The Hall–Kier alpha value is -1.16. The number of fused-ring (bicyclic) bond motifs is 1. The Balaban J connectivity index is 1.88. The van der Waals surface area contributed by atoms with Crippen molar-refractivity contribution in [3.05, 3.63) is 17.6 Å². The van der Waals surface area contributed by atoms with E-state index < -0.39 is 0 Å². The van der Waals surface area contributed by atoms with Gasteiger partial charge in [-0.15, -0.1) is 0 Å². The minimum atomic E-state index is 0.845. The molecular formula is C13H20N4. The Morgan fingerprint density at radius 2 is 2.41 bits per heavy atom. The maximum atomic E-state index is 4.52. The van der Waals surface area contributed by atoms with E-state index in [0.29, 0.717) is 0 Å². The van der Waals surface area contributed by atoms with Crippen LogP contribution >= 0.6 is 0 Å². The summed E-state index contributed by atoms with van der Waals surface area (Å²) < 4.78 is 0. The molecule has 4 heteroatoms. The van der Waals surface area contributed by atoms with E-state index >= 15 is 0 Å². The molecular weight excluding hydrogens is 212 g/mol. The molecule has 0 aliphatic carbocycles. The third kappa shape index (κ3) is 2.02. The van der Waals surface area contributed by atoms with Crippen molar-refractivity contribution in [1.82, 2.24) is 15.3 Å². The molecule has 3 rings (SSSR count). The van der Waals surface area contributed by atoms with Crippen molar-refractivity contribution in [3.63, 3.8) is 0 Å². The molecule has 0 aromatic carbocycles. The van der Waals surface area contributed by atoms with Crippen LogP contribution in [0.4, 0.5) is 5.82 Å². The van der Waals surface area contributed by atoms with E-state index in [-0.39, 0.29) is 0 Å². The average Bonchev–Trinajstić information content (AvgIpc) is 2.87. The molecule has 2 aliphatic rings. The van der Waals surface area contributed by atoms with Crippen molar-refractivity contribution in [2.75, 3.05) is 24.5 Å². The molecule has 1 aromatic heterocycles. The third-order valence-corrected chi connectivity index (χ3v) is 4.01. The van der Waals surface area contributed by atoms with E-state index in [1.54, 1.807) is 6.33 Å². The van der Waals surface area contributed by atoms with Gasteiger partial charge in [-0.05, 0) is 12.3 Å². The largest absolute Gasteiger partial charge is 0.356 e. The van der Waals surface area contributed by atoms with Crippen LogP contribution in [0, 0.1) is 5.92 Å². The molecule has 1 saturated heterocycles. The standard InChI is InChI=1S/C13H20N4/c1-2-10-4-6-17(8-10)13-11-7-14-5-3-12(11)15-9-16-13/h9-10,14H,2-8H2,1H3. The first-order valence-corrected chi connectivity index (χ1v) is 6.67. The van der Waals surface area contributed by atoms with E-state index in [2.05, 4.69) is 27.1 Å². The maximum absolute atomic E-state index is 4.52. The normalized spacial score (nSPS) is 23.8. The second-order valence-corrected chi connectivity index (χ2v) is 5.06. The molecule has 2 aliphatic heterocycles. The highest BCUT2D eigenvalue weighted by Crippen LogP contribution is 2.28.